The van der Waals surface area contributed by atoms with Crippen LogP contribution >= 0.6 is 55.0 Å². The molecule has 2 heterocycles. The van der Waals surface area contributed by atoms with Gasteiger partial charge in [-0.25, -0.2) is 4.98 Å². The van der Waals surface area contributed by atoms with Gasteiger partial charge in [0.25, 0.3) is 5.91 Å². The molecule has 1 aliphatic rings. The van der Waals surface area contributed by atoms with Crippen LogP contribution in [-0.4, -0.2) is 32.7 Å². The third-order valence-corrected chi connectivity index (χ3v) is 10.0. The molecule has 0 saturated carbocycles. The summed E-state index contributed by atoms with van der Waals surface area (Å²) >= 11 is 9.68. The molecule has 0 unspecified atom stereocenters. The Balaban J connectivity index is 1.22. The molecule has 0 atom stereocenters. The molecule has 0 bridgehead atoms. The number of carbonyl (C=O) groups is 2. The average molecular weight is 736 g/mol. The average Bonchev–Trinajstić information content (AvgIpc) is 3.39. The fraction of sp³-hybridized carbons (Fsp3) is 0.156. The van der Waals surface area contributed by atoms with Crippen molar-refractivity contribution in [1.29, 1.82) is 0 Å². The van der Waals surface area contributed by atoms with E-state index in [4.69, 9.17) is 4.98 Å². The summed E-state index contributed by atoms with van der Waals surface area (Å²) in [5, 5.41) is 15.8. The van der Waals surface area contributed by atoms with Crippen molar-refractivity contribution in [3.8, 4) is 22.5 Å². The van der Waals surface area contributed by atoms with Crippen molar-refractivity contribution < 1.29 is 9.59 Å². The van der Waals surface area contributed by atoms with Crippen molar-refractivity contribution >= 4 is 77.5 Å². The Hall–Kier alpha value is -3.38. The van der Waals surface area contributed by atoms with Crippen molar-refractivity contribution in [3.63, 3.8) is 0 Å². The molecule has 11 heteroatoms. The van der Waals surface area contributed by atoms with Crippen LogP contribution in [0.4, 0.5) is 10.7 Å². The zero-order chi connectivity index (χ0) is 29.8. The van der Waals surface area contributed by atoms with Gasteiger partial charge in [-0.2, -0.15) is 0 Å². The van der Waals surface area contributed by atoms with Crippen LogP contribution < -0.4 is 10.6 Å². The minimum atomic E-state index is -0.233. The third kappa shape index (κ3) is 7.06. The lowest BCUT2D eigenvalue weighted by Gasteiger charge is -2.13. The van der Waals surface area contributed by atoms with E-state index >= 15 is 0 Å². The number of hydrogen-bond donors (Lipinski definition) is 2. The number of nitrogens with one attached hydrogen (secondary N) is 2. The zero-order valence-electron chi connectivity index (χ0n) is 22.8. The van der Waals surface area contributed by atoms with Gasteiger partial charge < -0.3 is 10.6 Å². The summed E-state index contributed by atoms with van der Waals surface area (Å²) in [7, 11) is 0. The number of amides is 2. The number of rotatable bonds is 8. The van der Waals surface area contributed by atoms with Crippen LogP contribution in [0.2, 0.25) is 0 Å². The van der Waals surface area contributed by atoms with Gasteiger partial charge >= 0.3 is 0 Å². The van der Waals surface area contributed by atoms with Gasteiger partial charge in [-0.15, -0.1) is 21.5 Å². The number of anilines is 2. The largest absolute Gasteiger partial charge is 0.322 e. The summed E-state index contributed by atoms with van der Waals surface area (Å²) < 4.78 is 1.93. The summed E-state index contributed by atoms with van der Waals surface area (Å²) in [5.41, 5.74) is 5.44. The lowest BCUT2D eigenvalue weighted by atomic mass is 9.95. The van der Waals surface area contributed by atoms with Gasteiger partial charge in [0, 0.05) is 30.6 Å². The predicted molar refractivity (Wildman–Crippen MR) is 181 cm³/mol. The molecule has 5 aromatic rings. The molecule has 0 radical (unpaired) electrons. The van der Waals surface area contributed by atoms with E-state index in [1.165, 1.54) is 28.0 Å². The number of fused-ring (bicyclic) bond motifs is 1. The predicted octanol–water partition coefficient (Wildman–Crippen LogP) is 8.65. The molecule has 6 rings (SSSR count). The van der Waals surface area contributed by atoms with E-state index in [-0.39, 0.29) is 17.6 Å². The molecule has 0 saturated heterocycles. The van der Waals surface area contributed by atoms with E-state index in [2.05, 4.69) is 52.7 Å². The van der Waals surface area contributed by atoms with Gasteiger partial charge in [0.15, 0.2) is 0 Å². The Kier molecular flexibility index (Phi) is 9.32. The molecule has 0 fully saturated rings. The minimum Gasteiger partial charge on any atom is -0.322 e. The molecule has 7 nitrogen and oxygen atoms in total. The molecule has 43 heavy (non-hydrogen) atoms. The summed E-state index contributed by atoms with van der Waals surface area (Å²) in [6.07, 6.45) is 3.86. The molecule has 3 aromatic carbocycles. The standard InChI is InChI=1S/C32H25Br2N5O2S2/c33-21-14-10-19(11-15-21)28-29(20-12-16-22(34)17-13-20)38-39-32(37-28)42-18-26(40)36-31-27(24-8-4-5-9-25(24)43-31)30(41)35-23-6-2-1-3-7-23/h1-3,6-7,10-17H,4-5,8-9,18H2,(H,35,41)(H,36,40). The fourth-order valence-electron chi connectivity index (χ4n) is 4.89. The Morgan fingerprint density at radius 3 is 2.14 bits per heavy atom. The van der Waals surface area contributed by atoms with Crippen molar-refractivity contribution in [1.82, 2.24) is 15.2 Å². The van der Waals surface area contributed by atoms with Gasteiger partial charge in [0.2, 0.25) is 11.1 Å². The molecule has 2 aromatic heterocycles. The maximum absolute atomic E-state index is 13.4. The van der Waals surface area contributed by atoms with E-state index in [1.807, 2.05) is 78.9 Å². The summed E-state index contributed by atoms with van der Waals surface area (Å²) in [6.45, 7) is 0. The number of para-hydroxylation sites is 1. The maximum atomic E-state index is 13.4. The topological polar surface area (TPSA) is 96.9 Å². The quantitative estimate of drug-likeness (QED) is 0.155. The second-order valence-corrected chi connectivity index (χ2v) is 13.8. The van der Waals surface area contributed by atoms with Crippen molar-refractivity contribution in [3.05, 3.63) is 104 Å². The molecule has 216 valence electrons. The first-order valence-corrected chi connectivity index (χ1v) is 17.0. The monoisotopic (exact) mass is 733 g/mol. The summed E-state index contributed by atoms with van der Waals surface area (Å²) in [5.74, 6) is -0.367. The first-order chi connectivity index (χ1) is 20.9. The Morgan fingerprint density at radius 2 is 1.44 bits per heavy atom. The summed E-state index contributed by atoms with van der Waals surface area (Å²) in [6, 6.07) is 25.0. The van der Waals surface area contributed by atoms with Gasteiger partial charge in [0.1, 0.15) is 16.4 Å². The molecule has 1 aliphatic carbocycles. The lowest BCUT2D eigenvalue weighted by molar-refractivity contribution is -0.113. The molecule has 0 spiro atoms. The van der Waals surface area contributed by atoms with Crippen LogP contribution in [0.5, 0.6) is 0 Å². The number of thioether (sulfide) groups is 1. The van der Waals surface area contributed by atoms with Crippen LogP contribution in [0.25, 0.3) is 22.5 Å². The first-order valence-electron chi connectivity index (χ1n) is 13.6. The van der Waals surface area contributed by atoms with Crippen molar-refractivity contribution in [2.75, 3.05) is 16.4 Å². The fourth-order valence-corrected chi connectivity index (χ4v) is 7.30. The highest BCUT2D eigenvalue weighted by Crippen LogP contribution is 2.39. The van der Waals surface area contributed by atoms with Crippen LogP contribution in [0.15, 0.2) is 93.0 Å². The smallest absolute Gasteiger partial charge is 0.258 e. The maximum Gasteiger partial charge on any atom is 0.258 e. The van der Waals surface area contributed by atoms with Gasteiger partial charge in [-0.3, -0.25) is 9.59 Å². The van der Waals surface area contributed by atoms with Gasteiger partial charge in [0.05, 0.1) is 11.3 Å². The SMILES string of the molecule is O=C(CSc1nnc(-c2ccc(Br)cc2)c(-c2ccc(Br)cc2)n1)Nc1sc2c(c1C(=O)Nc1ccccc1)CCCC2. The number of aromatic nitrogens is 3. The molecule has 0 aliphatic heterocycles. The van der Waals surface area contributed by atoms with Crippen LogP contribution in [0.3, 0.4) is 0 Å². The van der Waals surface area contributed by atoms with E-state index in [9.17, 15) is 9.59 Å². The van der Waals surface area contributed by atoms with E-state index in [0.29, 0.717) is 32.8 Å². The molecular formula is C32H25Br2N5O2S2. The molecule has 2 N–H and O–H groups in total. The number of halogens is 2. The Morgan fingerprint density at radius 1 is 0.791 bits per heavy atom. The Labute approximate surface area is 274 Å². The summed E-state index contributed by atoms with van der Waals surface area (Å²) in [4.78, 5) is 32.6. The van der Waals surface area contributed by atoms with Crippen LogP contribution in [0, 0.1) is 0 Å². The zero-order valence-corrected chi connectivity index (χ0v) is 27.6. The van der Waals surface area contributed by atoms with E-state index in [0.717, 1.165) is 51.3 Å². The number of nitrogens with zero attached hydrogens (tertiary/aromatic N) is 3. The number of benzene rings is 3. The van der Waals surface area contributed by atoms with Gasteiger partial charge in [-0.05, 0) is 67.6 Å². The number of aryl methyl sites for hydroxylation is 1. The minimum absolute atomic E-state index is 0.0708. The number of thiophene rings is 1. The molecular weight excluding hydrogens is 710 g/mol. The first kappa shape index (κ1) is 29.7. The number of hydrogen-bond acceptors (Lipinski definition) is 7. The normalized spacial score (nSPS) is 12.4. The van der Waals surface area contributed by atoms with Crippen molar-refractivity contribution in [2.45, 2.75) is 30.8 Å². The van der Waals surface area contributed by atoms with Crippen LogP contribution in [0.1, 0.15) is 33.6 Å². The van der Waals surface area contributed by atoms with Crippen LogP contribution in [-0.2, 0) is 17.6 Å². The Bertz CT molecular complexity index is 1780. The highest BCUT2D eigenvalue weighted by molar-refractivity contribution is 9.10. The van der Waals surface area contributed by atoms with E-state index in [1.54, 1.807) is 0 Å². The van der Waals surface area contributed by atoms with Gasteiger partial charge in [-0.1, -0.05) is 86.1 Å². The lowest BCUT2D eigenvalue weighted by Crippen LogP contribution is -2.19. The third-order valence-electron chi connectivity index (χ3n) is 6.92. The number of carbonyl (C=O) groups excluding carboxylic acids is 2. The highest BCUT2D eigenvalue weighted by atomic mass is 79.9. The van der Waals surface area contributed by atoms with E-state index < -0.39 is 0 Å². The second kappa shape index (κ2) is 13.5. The van der Waals surface area contributed by atoms with Crippen molar-refractivity contribution in [2.24, 2.45) is 0 Å². The highest BCUT2D eigenvalue weighted by Gasteiger charge is 2.26. The second-order valence-electron chi connectivity index (χ2n) is 9.88. The molecule has 2 amide bonds.